The minimum atomic E-state index is 0.696. The molecule has 1 aromatic heterocycles. The number of likely N-dealkylation sites (tertiary alicyclic amines) is 1. The summed E-state index contributed by atoms with van der Waals surface area (Å²) in [7, 11) is 0. The average Bonchev–Trinajstić information content (AvgIpc) is 2.73. The van der Waals surface area contributed by atoms with Gasteiger partial charge in [0.05, 0.1) is 5.00 Å². The first-order valence-corrected chi connectivity index (χ1v) is 8.48. The lowest BCUT2D eigenvalue weighted by atomic mass is 10.0. The van der Waals surface area contributed by atoms with Gasteiger partial charge in [-0.1, -0.05) is 0 Å². The van der Waals surface area contributed by atoms with Crippen molar-refractivity contribution < 1.29 is 0 Å². The zero-order chi connectivity index (χ0) is 14.0. The molecule has 3 heteroatoms. The molecule has 0 radical (unpaired) electrons. The van der Waals surface area contributed by atoms with E-state index in [-0.39, 0.29) is 0 Å². The molecule has 108 valence electrons. The Bertz CT molecular complexity index is 403. The maximum atomic E-state index is 2.64. The molecule has 0 atom stereocenters. The Labute approximate surface area is 122 Å². The van der Waals surface area contributed by atoms with Crippen molar-refractivity contribution in [3.63, 3.8) is 0 Å². The van der Waals surface area contributed by atoms with E-state index in [2.05, 4.69) is 49.8 Å². The summed E-state index contributed by atoms with van der Waals surface area (Å²) < 4.78 is 0. The van der Waals surface area contributed by atoms with Crippen LogP contribution in [0.1, 0.15) is 44.7 Å². The first-order chi connectivity index (χ1) is 9.04. The van der Waals surface area contributed by atoms with Crippen LogP contribution < -0.4 is 4.90 Å². The van der Waals surface area contributed by atoms with Gasteiger partial charge < -0.3 is 9.80 Å². The van der Waals surface area contributed by atoms with E-state index in [0.29, 0.717) is 6.04 Å². The average molecular weight is 280 g/mol. The quantitative estimate of drug-likeness (QED) is 0.820. The van der Waals surface area contributed by atoms with E-state index < -0.39 is 0 Å². The number of aryl methyl sites for hydroxylation is 1. The molecular weight excluding hydrogens is 252 g/mol. The van der Waals surface area contributed by atoms with Gasteiger partial charge in [-0.2, -0.15) is 0 Å². The summed E-state index contributed by atoms with van der Waals surface area (Å²) in [4.78, 5) is 5.25. The summed E-state index contributed by atoms with van der Waals surface area (Å²) in [5.74, 6) is 0. The second-order valence-corrected chi connectivity index (χ2v) is 6.85. The second-order valence-electron chi connectivity index (χ2n) is 6.00. The Morgan fingerprint density at radius 1 is 1.32 bits per heavy atom. The van der Waals surface area contributed by atoms with Crippen LogP contribution in [-0.4, -0.2) is 36.6 Å². The summed E-state index contributed by atoms with van der Waals surface area (Å²) in [6, 6.07) is 1.43. The molecule has 2 rings (SSSR count). The molecule has 0 aliphatic carbocycles. The lowest BCUT2D eigenvalue weighted by molar-refractivity contribution is 0.170. The molecule has 1 aliphatic rings. The number of anilines is 1. The molecule has 2 heterocycles. The van der Waals surface area contributed by atoms with E-state index in [9.17, 15) is 0 Å². The first-order valence-electron chi connectivity index (χ1n) is 7.60. The Morgan fingerprint density at radius 3 is 2.37 bits per heavy atom. The molecule has 19 heavy (non-hydrogen) atoms. The zero-order valence-corrected chi connectivity index (χ0v) is 13.9. The maximum absolute atomic E-state index is 2.64. The van der Waals surface area contributed by atoms with Crippen LogP contribution in [0.2, 0.25) is 0 Å². The van der Waals surface area contributed by atoms with Crippen LogP contribution in [0.25, 0.3) is 0 Å². The highest BCUT2D eigenvalue weighted by Gasteiger charge is 2.26. The van der Waals surface area contributed by atoms with Crippen LogP contribution in [0.3, 0.4) is 0 Å². The minimum absolute atomic E-state index is 0.696. The van der Waals surface area contributed by atoms with Crippen molar-refractivity contribution in [1.29, 1.82) is 0 Å². The molecular formula is C16H28N2S. The van der Waals surface area contributed by atoms with Gasteiger partial charge in [0.1, 0.15) is 0 Å². The van der Waals surface area contributed by atoms with Gasteiger partial charge in [-0.05, 0) is 64.0 Å². The topological polar surface area (TPSA) is 6.48 Å². The lowest BCUT2D eigenvalue weighted by Crippen LogP contribution is -2.47. The fourth-order valence-electron chi connectivity index (χ4n) is 3.05. The SMILES string of the molecule is CCN(c1scc(C)c1C)C1CCN(C(C)C)CC1. The van der Waals surface area contributed by atoms with Gasteiger partial charge in [-0.25, -0.2) is 0 Å². The largest absolute Gasteiger partial charge is 0.360 e. The molecule has 2 nitrogen and oxygen atoms in total. The van der Waals surface area contributed by atoms with Crippen molar-refractivity contribution in [3.8, 4) is 0 Å². The molecule has 1 aromatic rings. The summed E-state index contributed by atoms with van der Waals surface area (Å²) >= 11 is 1.92. The Hall–Kier alpha value is -0.540. The van der Waals surface area contributed by atoms with Crippen LogP contribution in [-0.2, 0) is 0 Å². The molecule has 0 aromatic carbocycles. The fourth-order valence-corrected chi connectivity index (χ4v) is 4.27. The van der Waals surface area contributed by atoms with E-state index in [0.717, 1.165) is 12.6 Å². The summed E-state index contributed by atoms with van der Waals surface area (Å²) in [5.41, 5.74) is 2.93. The minimum Gasteiger partial charge on any atom is -0.360 e. The van der Waals surface area contributed by atoms with E-state index in [1.165, 1.54) is 42.1 Å². The smallest absolute Gasteiger partial charge is 0.0943 e. The molecule has 0 spiro atoms. The summed E-state index contributed by atoms with van der Waals surface area (Å²) in [6.07, 6.45) is 2.62. The number of hydrogen-bond donors (Lipinski definition) is 0. The molecule has 0 bridgehead atoms. The molecule has 1 aliphatic heterocycles. The third kappa shape index (κ3) is 3.14. The van der Waals surface area contributed by atoms with Crippen molar-refractivity contribution in [2.75, 3.05) is 24.5 Å². The van der Waals surface area contributed by atoms with Crippen LogP contribution in [0.4, 0.5) is 5.00 Å². The third-order valence-corrected chi connectivity index (χ3v) is 5.77. The fraction of sp³-hybridized carbons (Fsp3) is 0.750. The highest BCUT2D eigenvalue weighted by Crippen LogP contribution is 2.34. The second kappa shape index (κ2) is 6.27. The van der Waals surface area contributed by atoms with Gasteiger partial charge in [0.15, 0.2) is 0 Å². The highest BCUT2D eigenvalue weighted by atomic mass is 32.1. The number of nitrogens with zero attached hydrogens (tertiary/aromatic N) is 2. The number of hydrogen-bond acceptors (Lipinski definition) is 3. The first kappa shape index (κ1) is 14.9. The Kier molecular flexibility index (Phi) is 4.91. The van der Waals surface area contributed by atoms with Crippen LogP contribution in [0, 0.1) is 13.8 Å². The standard InChI is InChI=1S/C16H28N2S/c1-6-18(16-14(5)13(4)11-19-16)15-7-9-17(10-8-15)12(2)3/h11-12,15H,6-10H2,1-5H3. The van der Waals surface area contributed by atoms with E-state index in [1.54, 1.807) is 0 Å². The third-order valence-electron chi connectivity index (χ3n) is 4.53. The predicted molar refractivity (Wildman–Crippen MR) is 86.5 cm³/mol. The van der Waals surface area contributed by atoms with Crippen molar-refractivity contribution in [1.82, 2.24) is 4.90 Å². The van der Waals surface area contributed by atoms with E-state index in [4.69, 9.17) is 0 Å². The lowest BCUT2D eigenvalue weighted by Gasteiger charge is -2.40. The molecule has 0 unspecified atom stereocenters. The van der Waals surface area contributed by atoms with Crippen molar-refractivity contribution >= 4 is 16.3 Å². The van der Waals surface area contributed by atoms with Gasteiger partial charge in [0, 0.05) is 31.7 Å². The summed E-state index contributed by atoms with van der Waals surface area (Å²) in [5, 5.41) is 3.80. The van der Waals surface area contributed by atoms with Crippen LogP contribution in [0.15, 0.2) is 5.38 Å². The zero-order valence-electron chi connectivity index (χ0n) is 13.1. The normalized spacial score (nSPS) is 18.2. The highest BCUT2D eigenvalue weighted by molar-refractivity contribution is 7.14. The number of rotatable bonds is 4. The van der Waals surface area contributed by atoms with Gasteiger partial charge in [-0.3, -0.25) is 0 Å². The molecule has 0 amide bonds. The predicted octanol–water partition coefficient (Wildman–Crippen LogP) is 4.06. The number of piperidine rings is 1. The maximum Gasteiger partial charge on any atom is 0.0943 e. The van der Waals surface area contributed by atoms with Gasteiger partial charge in [0.2, 0.25) is 0 Å². The van der Waals surface area contributed by atoms with Crippen molar-refractivity contribution in [3.05, 3.63) is 16.5 Å². The van der Waals surface area contributed by atoms with Gasteiger partial charge in [0.25, 0.3) is 0 Å². The van der Waals surface area contributed by atoms with E-state index in [1.807, 2.05) is 11.3 Å². The number of thiophene rings is 1. The van der Waals surface area contributed by atoms with Crippen molar-refractivity contribution in [2.45, 2.75) is 59.5 Å². The van der Waals surface area contributed by atoms with Gasteiger partial charge >= 0.3 is 0 Å². The Morgan fingerprint density at radius 2 is 1.95 bits per heavy atom. The van der Waals surface area contributed by atoms with Crippen molar-refractivity contribution in [2.24, 2.45) is 0 Å². The molecule has 1 saturated heterocycles. The molecule has 0 saturated carbocycles. The monoisotopic (exact) mass is 280 g/mol. The molecule has 1 fully saturated rings. The van der Waals surface area contributed by atoms with E-state index >= 15 is 0 Å². The van der Waals surface area contributed by atoms with Crippen LogP contribution in [0.5, 0.6) is 0 Å². The van der Waals surface area contributed by atoms with Gasteiger partial charge in [-0.15, -0.1) is 11.3 Å². The Balaban J connectivity index is 2.06. The molecule has 0 N–H and O–H groups in total. The van der Waals surface area contributed by atoms with Crippen LogP contribution >= 0.6 is 11.3 Å². The summed E-state index contributed by atoms with van der Waals surface area (Å²) in [6.45, 7) is 15.0.